The number of aromatic nitrogens is 1. The number of hydrogen-bond donors (Lipinski definition) is 1. The summed E-state index contributed by atoms with van der Waals surface area (Å²) in [5, 5.41) is 0. The number of nitrogens with two attached hydrogens (primary N) is 1. The Bertz CT molecular complexity index is 503. The average molecular weight is 274 g/mol. The summed E-state index contributed by atoms with van der Waals surface area (Å²) in [4.78, 5) is 32.3. The number of amides is 2. The molecular formula is C14H18N4O2. The molecule has 2 aliphatic heterocycles. The van der Waals surface area contributed by atoms with Gasteiger partial charge in [-0.05, 0) is 18.9 Å². The van der Waals surface area contributed by atoms with Crippen LogP contribution in [0.5, 0.6) is 0 Å². The Labute approximate surface area is 117 Å². The average Bonchev–Trinajstić information content (AvgIpc) is 2.73. The van der Waals surface area contributed by atoms with E-state index in [9.17, 15) is 9.59 Å². The molecule has 0 atom stereocenters. The first-order valence-corrected chi connectivity index (χ1v) is 6.96. The van der Waals surface area contributed by atoms with Crippen molar-refractivity contribution in [1.29, 1.82) is 0 Å². The van der Waals surface area contributed by atoms with Crippen molar-refractivity contribution in [3.05, 3.63) is 29.6 Å². The number of piperidine rings is 1. The summed E-state index contributed by atoms with van der Waals surface area (Å²) < 4.78 is 0. The Morgan fingerprint density at radius 3 is 2.55 bits per heavy atom. The summed E-state index contributed by atoms with van der Waals surface area (Å²) in [6, 6.07) is 1.62. The van der Waals surface area contributed by atoms with E-state index >= 15 is 0 Å². The standard InChI is InChI=1S/C14H18N4O2/c15-4-8-17-6-2-10(3-7-17)18-13(19)11-1-5-16-9-12(11)14(18)20/h1,5,9-10H,2-4,6-8,15H2. The molecular weight excluding hydrogens is 256 g/mol. The molecule has 20 heavy (non-hydrogen) atoms. The first-order valence-electron chi connectivity index (χ1n) is 6.96. The number of rotatable bonds is 3. The van der Waals surface area contributed by atoms with Crippen molar-refractivity contribution < 1.29 is 9.59 Å². The van der Waals surface area contributed by atoms with Gasteiger partial charge in [-0.25, -0.2) is 0 Å². The van der Waals surface area contributed by atoms with Gasteiger partial charge in [0.05, 0.1) is 11.1 Å². The Balaban J connectivity index is 1.74. The Kier molecular flexibility index (Phi) is 3.50. The molecule has 6 nitrogen and oxygen atoms in total. The highest BCUT2D eigenvalue weighted by Gasteiger charge is 2.40. The van der Waals surface area contributed by atoms with E-state index in [1.54, 1.807) is 12.3 Å². The predicted molar refractivity (Wildman–Crippen MR) is 73.3 cm³/mol. The van der Waals surface area contributed by atoms with Crippen LogP contribution < -0.4 is 5.73 Å². The summed E-state index contributed by atoms with van der Waals surface area (Å²) >= 11 is 0. The summed E-state index contributed by atoms with van der Waals surface area (Å²) in [5.41, 5.74) is 6.46. The van der Waals surface area contributed by atoms with Crippen molar-refractivity contribution in [2.24, 2.45) is 5.73 Å². The molecule has 2 amide bonds. The van der Waals surface area contributed by atoms with Gasteiger partial charge in [0.1, 0.15) is 0 Å². The summed E-state index contributed by atoms with van der Waals surface area (Å²) in [6.45, 7) is 3.28. The van der Waals surface area contributed by atoms with E-state index in [1.165, 1.54) is 11.1 Å². The normalized spacial score (nSPS) is 20.6. The van der Waals surface area contributed by atoms with Crippen LogP contribution in [0.4, 0.5) is 0 Å². The third-order valence-corrected chi connectivity index (χ3v) is 4.09. The number of fused-ring (bicyclic) bond motifs is 1. The van der Waals surface area contributed by atoms with Crippen molar-refractivity contribution >= 4 is 11.8 Å². The first kappa shape index (κ1) is 13.2. The van der Waals surface area contributed by atoms with Gasteiger partial charge in [-0.1, -0.05) is 0 Å². The predicted octanol–water partition coefficient (Wildman–Crippen LogP) is 0.101. The van der Waals surface area contributed by atoms with Gasteiger partial charge in [0.25, 0.3) is 11.8 Å². The lowest BCUT2D eigenvalue weighted by atomic mass is 10.0. The summed E-state index contributed by atoms with van der Waals surface area (Å²) in [6.07, 6.45) is 4.67. The van der Waals surface area contributed by atoms with Crippen molar-refractivity contribution in [3.8, 4) is 0 Å². The van der Waals surface area contributed by atoms with E-state index in [1.807, 2.05) is 0 Å². The van der Waals surface area contributed by atoms with Crippen LogP contribution in [0.2, 0.25) is 0 Å². The second-order valence-corrected chi connectivity index (χ2v) is 5.26. The van der Waals surface area contributed by atoms with E-state index in [-0.39, 0.29) is 17.9 Å². The van der Waals surface area contributed by atoms with Gasteiger partial charge in [-0.3, -0.25) is 19.5 Å². The van der Waals surface area contributed by atoms with Crippen LogP contribution in [-0.2, 0) is 0 Å². The van der Waals surface area contributed by atoms with E-state index in [0.717, 1.165) is 32.5 Å². The largest absolute Gasteiger partial charge is 0.329 e. The lowest BCUT2D eigenvalue weighted by Crippen LogP contribution is -2.48. The third kappa shape index (κ3) is 2.10. The molecule has 1 fully saturated rings. The molecule has 106 valence electrons. The monoisotopic (exact) mass is 274 g/mol. The topological polar surface area (TPSA) is 79.5 Å². The molecule has 3 rings (SSSR count). The zero-order valence-corrected chi connectivity index (χ0v) is 11.3. The van der Waals surface area contributed by atoms with Crippen LogP contribution >= 0.6 is 0 Å². The molecule has 0 spiro atoms. The molecule has 6 heteroatoms. The maximum absolute atomic E-state index is 12.4. The van der Waals surface area contributed by atoms with Gasteiger partial charge in [-0.15, -0.1) is 0 Å². The van der Waals surface area contributed by atoms with Gasteiger partial charge in [0.2, 0.25) is 0 Å². The number of nitrogens with zero attached hydrogens (tertiary/aromatic N) is 3. The Hall–Kier alpha value is -1.79. The van der Waals surface area contributed by atoms with Crippen LogP contribution in [0, 0.1) is 0 Å². The molecule has 0 unspecified atom stereocenters. The molecule has 0 saturated carbocycles. The smallest absolute Gasteiger partial charge is 0.263 e. The maximum atomic E-state index is 12.4. The molecule has 0 aliphatic carbocycles. The fourth-order valence-corrected chi connectivity index (χ4v) is 3.02. The third-order valence-electron chi connectivity index (χ3n) is 4.09. The molecule has 1 saturated heterocycles. The second kappa shape index (κ2) is 5.30. The van der Waals surface area contributed by atoms with Crippen molar-refractivity contribution in [2.75, 3.05) is 26.2 Å². The minimum absolute atomic E-state index is 0.00331. The van der Waals surface area contributed by atoms with Crippen LogP contribution in [-0.4, -0.2) is 58.8 Å². The molecule has 3 heterocycles. The maximum Gasteiger partial charge on any atom is 0.263 e. The van der Waals surface area contributed by atoms with Gasteiger partial charge in [0, 0.05) is 44.6 Å². The van der Waals surface area contributed by atoms with Crippen LogP contribution in [0.25, 0.3) is 0 Å². The van der Waals surface area contributed by atoms with Gasteiger partial charge < -0.3 is 10.6 Å². The highest BCUT2D eigenvalue weighted by molar-refractivity contribution is 6.21. The number of likely N-dealkylation sites (tertiary alicyclic amines) is 1. The van der Waals surface area contributed by atoms with E-state index in [2.05, 4.69) is 9.88 Å². The van der Waals surface area contributed by atoms with Crippen molar-refractivity contribution in [2.45, 2.75) is 18.9 Å². The van der Waals surface area contributed by atoms with Gasteiger partial charge in [0.15, 0.2) is 0 Å². The molecule has 2 aliphatic rings. The number of carbonyl (C=O) groups is 2. The van der Waals surface area contributed by atoms with Crippen LogP contribution in [0.15, 0.2) is 18.5 Å². The summed E-state index contributed by atoms with van der Waals surface area (Å²) in [5.74, 6) is -0.375. The number of carbonyl (C=O) groups excluding carboxylic acids is 2. The molecule has 0 aromatic carbocycles. The van der Waals surface area contributed by atoms with Crippen LogP contribution in [0.3, 0.4) is 0 Å². The lowest BCUT2D eigenvalue weighted by Gasteiger charge is -2.35. The van der Waals surface area contributed by atoms with Crippen molar-refractivity contribution in [3.63, 3.8) is 0 Å². The van der Waals surface area contributed by atoms with Gasteiger partial charge in [-0.2, -0.15) is 0 Å². The molecule has 2 N–H and O–H groups in total. The Morgan fingerprint density at radius 1 is 1.20 bits per heavy atom. The highest BCUT2D eigenvalue weighted by atomic mass is 16.2. The number of pyridine rings is 1. The molecule has 1 aromatic heterocycles. The highest BCUT2D eigenvalue weighted by Crippen LogP contribution is 2.27. The Morgan fingerprint density at radius 2 is 1.90 bits per heavy atom. The zero-order chi connectivity index (χ0) is 14.1. The number of hydrogen-bond acceptors (Lipinski definition) is 5. The van der Waals surface area contributed by atoms with Crippen molar-refractivity contribution in [1.82, 2.24) is 14.8 Å². The first-order chi connectivity index (χ1) is 9.72. The van der Waals surface area contributed by atoms with Crippen LogP contribution in [0.1, 0.15) is 33.6 Å². The molecule has 1 aromatic rings. The SMILES string of the molecule is NCCN1CCC(N2C(=O)c3ccncc3C2=O)CC1. The minimum atomic E-state index is -0.199. The fourth-order valence-electron chi connectivity index (χ4n) is 3.02. The van der Waals surface area contributed by atoms with E-state index < -0.39 is 0 Å². The van der Waals surface area contributed by atoms with Gasteiger partial charge >= 0.3 is 0 Å². The zero-order valence-electron chi connectivity index (χ0n) is 11.3. The summed E-state index contributed by atoms with van der Waals surface area (Å²) in [7, 11) is 0. The quantitative estimate of drug-likeness (QED) is 0.791. The number of imide groups is 1. The second-order valence-electron chi connectivity index (χ2n) is 5.26. The molecule has 0 bridgehead atoms. The lowest BCUT2D eigenvalue weighted by molar-refractivity contribution is 0.0504. The van der Waals surface area contributed by atoms with E-state index in [4.69, 9.17) is 5.73 Å². The fraction of sp³-hybridized carbons (Fsp3) is 0.500. The van der Waals surface area contributed by atoms with E-state index in [0.29, 0.717) is 17.7 Å². The molecule has 0 radical (unpaired) electrons. The minimum Gasteiger partial charge on any atom is -0.329 e.